The van der Waals surface area contributed by atoms with Gasteiger partial charge in [0.15, 0.2) is 4.20 Å². The lowest BCUT2D eigenvalue weighted by Crippen LogP contribution is -2.31. The van der Waals surface area contributed by atoms with Crippen molar-refractivity contribution < 1.29 is 9.47 Å². The number of amidine groups is 1. The van der Waals surface area contributed by atoms with Crippen LogP contribution in [0.1, 0.15) is 25.3 Å². The fourth-order valence-electron chi connectivity index (χ4n) is 4.25. The van der Waals surface area contributed by atoms with Crippen molar-refractivity contribution in [3.05, 3.63) is 23.8 Å². The van der Waals surface area contributed by atoms with Crippen LogP contribution in [0.3, 0.4) is 0 Å². The van der Waals surface area contributed by atoms with Crippen molar-refractivity contribution in [2.24, 2.45) is 21.6 Å². The first-order valence-corrected chi connectivity index (χ1v) is 10.6. The maximum Gasteiger partial charge on any atom is 0.175 e. The summed E-state index contributed by atoms with van der Waals surface area (Å²) in [5, 5.41) is 20.5. The fraction of sp³-hybridized carbons (Fsp3) is 0.526. The van der Waals surface area contributed by atoms with Gasteiger partial charge in [-0.3, -0.25) is 0 Å². The smallest absolute Gasteiger partial charge is 0.175 e. The van der Waals surface area contributed by atoms with Crippen LogP contribution in [0.2, 0.25) is 0 Å². The van der Waals surface area contributed by atoms with Crippen molar-refractivity contribution in [1.29, 1.82) is 10.5 Å². The van der Waals surface area contributed by atoms with Gasteiger partial charge in [0, 0.05) is 12.0 Å². The first kappa shape index (κ1) is 19.7. The molecule has 6 nitrogen and oxygen atoms in total. The van der Waals surface area contributed by atoms with Gasteiger partial charge in [0.1, 0.15) is 28.2 Å². The summed E-state index contributed by atoms with van der Waals surface area (Å²) in [5.41, 5.74) is 4.96. The van der Waals surface area contributed by atoms with Crippen LogP contribution in [0.5, 0.6) is 11.5 Å². The van der Waals surface area contributed by atoms with Gasteiger partial charge in [0.25, 0.3) is 0 Å². The molecule has 1 saturated carbocycles. The monoisotopic (exact) mass is 402 g/mol. The molecule has 2 aliphatic rings. The second-order valence-electron chi connectivity index (χ2n) is 6.36. The van der Waals surface area contributed by atoms with E-state index in [0.717, 1.165) is 17.1 Å². The molecule has 1 fully saturated rings. The van der Waals surface area contributed by atoms with Crippen molar-refractivity contribution >= 4 is 29.4 Å². The van der Waals surface area contributed by atoms with Crippen LogP contribution in [-0.2, 0) is 0 Å². The molecule has 1 aromatic rings. The van der Waals surface area contributed by atoms with Gasteiger partial charge in [-0.25, -0.2) is 4.99 Å². The largest absolute Gasteiger partial charge is 0.497 e. The standard InChI is InChI=1S/C19H22N4O2S2/c1-5-26-19(27-6-2)18(11-21)15(17(18,10-20)16(22)23-19)12-7-13(24-3)9-14(8-12)25-4/h7-9,15H,5-6H2,1-4H3,(H2,22,23). The molecular formula is C19H22N4O2S2. The Morgan fingerprint density at radius 2 is 1.63 bits per heavy atom. The summed E-state index contributed by atoms with van der Waals surface area (Å²) in [6.07, 6.45) is 0. The Morgan fingerprint density at radius 1 is 1.07 bits per heavy atom. The zero-order valence-corrected chi connectivity index (χ0v) is 17.4. The highest BCUT2D eigenvalue weighted by Crippen LogP contribution is 2.85. The Kier molecular flexibility index (Phi) is 5.00. The van der Waals surface area contributed by atoms with E-state index in [9.17, 15) is 10.5 Å². The van der Waals surface area contributed by atoms with Crippen LogP contribution in [0.25, 0.3) is 0 Å². The zero-order valence-electron chi connectivity index (χ0n) is 15.8. The summed E-state index contributed by atoms with van der Waals surface area (Å²) in [7, 11) is 3.15. The Morgan fingerprint density at radius 3 is 2.04 bits per heavy atom. The van der Waals surface area contributed by atoms with Gasteiger partial charge in [0.2, 0.25) is 0 Å². The SMILES string of the molecule is CCSC1(SCC)N=C(N)C2(C#N)C(c3cc(OC)cc(OC)c3)C12C#N. The molecule has 1 heterocycles. The molecule has 2 N–H and O–H groups in total. The molecule has 3 atom stereocenters. The van der Waals surface area contributed by atoms with Gasteiger partial charge in [-0.1, -0.05) is 13.8 Å². The predicted molar refractivity (Wildman–Crippen MR) is 109 cm³/mol. The number of ether oxygens (including phenoxy) is 2. The molecule has 0 bridgehead atoms. The van der Waals surface area contributed by atoms with Crippen LogP contribution >= 0.6 is 23.5 Å². The molecule has 0 aromatic heterocycles. The van der Waals surface area contributed by atoms with E-state index in [1.165, 1.54) is 0 Å². The Labute approximate surface area is 168 Å². The van der Waals surface area contributed by atoms with Crippen LogP contribution in [0, 0.1) is 33.5 Å². The van der Waals surface area contributed by atoms with Gasteiger partial charge < -0.3 is 15.2 Å². The maximum absolute atomic E-state index is 10.3. The van der Waals surface area contributed by atoms with E-state index < -0.39 is 15.0 Å². The summed E-state index contributed by atoms with van der Waals surface area (Å²) in [6, 6.07) is 10.3. The molecule has 27 heavy (non-hydrogen) atoms. The number of aliphatic imine (C=N–C) groups is 1. The minimum absolute atomic E-state index is 0.250. The molecule has 0 amide bonds. The molecule has 0 spiro atoms. The van der Waals surface area contributed by atoms with E-state index in [1.807, 2.05) is 26.0 Å². The summed E-state index contributed by atoms with van der Waals surface area (Å²) in [5.74, 6) is 2.62. The minimum atomic E-state index is -1.14. The third-order valence-corrected chi connectivity index (χ3v) is 8.21. The topological polar surface area (TPSA) is 104 Å². The average molecular weight is 403 g/mol. The normalized spacial score (nSPS) is 29.9. The van der Waals surface area contributed by atoms with Gasteiger partial charge in [0.05, 0.1) is 26.4 Å². The van der Waals surface area contributed by atoms with Crippen molar-refractivity contribution in [3.63, 3.8) is 0 Å². The number of hydrogen-bond acceptors (Lipinski definition) is 8. The number of rotatable bonds is 7. The lowest BCUT2D eigenvalue weighted by atomic mass is 9.97. The third kappa shape index (κ3) is 2.30. The Hall–Kier alpha value is -2.03. The fourth-order valence-corrected chi connectivity index (χ4v) is 7.50. The number of nitrogens with two attached hydrogens (primary N) is 1. The lowest BCUT2D eigenvalue weighted by molar-refractivity contribution is 0.393. The maximum atomic E-state index is 10.3. The Bertz CT molecular complexity index is 847. The molecule has 142 valence electrons. The molecule has 1 aromatic carbocycles. The number of methoxy groups -OCH3 is 2. The Balaban J connectivity index is 2.24. The van der Waals surface area contributed by atoms with E-state index >= 15 is 0 Å². The number of hydrogen-bond donors (Lipinski definition) is 1. The first-order valence-electron chi connectivity index (χ1n) is 8.66. The quantitative estimate of drug-likeness (QED) is 0.697. The lowest BCUT2D eigenvalue weighted by Gasteiger charge is -2.31. The zero-order chi connectivity index (χ0) is 19.9. The second-order valence-corrected chi connectivity index (χ2v) is 9.54. The molecule has 1 aliphatic carbocycles. The van der Waals surface area contributed by atoms with Gasteiger partial charge in [-0.15, -0.1) is 23.5 Å². The van der Waals surface area contributed by atoms with E-state index in [1.54, 1.807) is 43.8 Å². The molecule has 3 rings (SSSR count). The number of fused-ring (bicyclic) bond motifs is 1. The van der Waals surface area contributed by atoms with Crippen molar-refractivity contribution in [3.8, 4) is 23.6 Å². The first-order chi connectivity index (χ1) is 13.0. The summed E-state index contributed by atoms with van der Waals surface area (Å²) in [6.45, 7) is 4.05. The number of nitrogens with zero attached hydrogens (tertiary/aromatic N) is 3. The molecule has 0 saturated heterocycles. The van der Waals surface area contributed by atoms with Gasteiger partial charge in [-0.05, 0) is 29.2 Å². The minimum Gasteiger partial charge on any atom is -0.497 e. The van der Waals surface area contributed by atoms with Crippen molar-refractivity contribution in [1.82, 2.24) is 0 Å². The average Bonchev–Trinajstić information content (AvgIpc) is 3.27. The summed E-state index contributed by atoms with van der Waals surface area (Å²) in [4.78, 5) is 4.69. The number of benzene rings is 1. The van der Waals surface area contributed by atoms with E-state index in [2.05, 4.69) is 12.1 Å². The van der Waals surface area contributed by atoms with E-state index in [4.69, 9.17) is 20.2 Å². The van der Waals surface area contributed by atoms with Gasteiger partial charge in [-0.2, -0.15) is 10.5 Å². The van der Waals surface area contributed by atoms with Crippen molar-refractivity contribution in [2.75, 3.05) is 25.7 Å². The highest BCUT2D eigenvalue weighted by molar-refractivity contribution is 8.18. The summed E-state index contributed by atoms with van der Waals surface area (Å²) >= 11 is 3.16. The number of thioether (sulfide) groups is 2. The molecule has 0 radical (unpaired) electrons. The number of nitriles is 2. The van der Waals surface area contributed by atoms with Crippen LogP contribution < -0.4 is 15.2 Å². The van der Waals surface area contributed by atoms with Gasteiger partial charge >= 0.3 is 0 Å². The van der Waals surface area contributed by atoms with E-state index in [-0.39, 0.29) is 11.8 Å². The molecular weight excluding hydrogens is 380 g/mol. The van der Waals surface area contributed by atoms with Crippen LogP contribution in [-0.4, -0.2) is 35.8 Å². The van der Waals surface area contributed by atoms with E-state index in [0.29, 0.717) is 11.5 Å². The predicted octanol–water partition coefficient (Wildman–Crippen LogP) is 3.35. The molecule has 1 aliphatic heterocycles. The molecule has 8 heteroatoms. The van der Waals surface area contributed by atoms with Crippen molar-refractivity contribution in [2.45, 2.75) is 24.0 Å². The molecule has 3 unspecified atom stereocenters. The third-order valence-electron chi connectivity index (χ3n) is 5.31. The highest BCUT2D eigenvalue weighted by atomic mass is 32.2. The second kappa shape index (κ2) is 6.85. The summed E-state index contributed by atoms with van der Waals surface area (Å²) < 4.78 is 9.97. The highest BCUT2D eigenvalue weighted by Gasteiger charge is 2.91. The van der Waals surface area contributed by atoms with Crippen LogP contribution in [0.15, 0.2) is 23.2 Å². The van der Waals surface area contributed by atoms with Crippen LogP contribution in [0.4, 0.5) is 0 Å².